The van der Waals surface area contributed by atoms with E-state index in [0.717, 1.165) is 12.0 Å². The Morgan fingerprint density at radius 1 is 1.45 bits per heavy atom. The van der Waals surface area contributed by atoms with Crippen LogP contribution in [-0.2, 0) is 14.3 Å². The maximum atomic E-state index is 12.3. The summed E-state index contributed by atoms with van der Waals surface area (Å²) in [6, 6.07) is 0. The number of aliphatic hydroxyl groups is 2. The van der Waals surface area contributed by atoms with Crippen molar-refractivity contribution in [2.24, 2.45) is 23.2 Å². The standard InChI is InChI=1S/C15H20O5/c1-7(2)9-10-12(16)20-11(9)15(18)13(3)8(6-19-15)4-5-14(10,13)17/h8-11,17-18H,1,4-6H2,2-3H3. The molecular weight excluding hydrogens is 260 g/mol. The molecule has 2 saturated heterocycles. The van der Waals surface area contributed by atoms with E-state index in [-0.39, 0.29) is 11.8 Å². The van der Waals surface area contributed by atoms with Crippen LogP contribution >= 0.6 is 0 Å². The molecule has 5 heteroatoms. The highest BCUT2D eigenvalue weighted by Crippen LogP contribution is 2.71. The van der Waals surface area contributed by atoms with Crippen molar-refractivity contribution in [1.29, 1.82) is 0 Å². The van der Waals surface area contributed by atoms with Crippen LogP contribution < -0.4 is 0 Å². The predicted octanol–water partition coefficient (Wildman–Crippen LogP) is 0.600. The van der Waals surface area contributed by atoms with Gasteiger partial charge in [-0.2, -0.15) is 0 Å². The lowest BCUT2D eigenvalue weighted by molar-refractivity contribution is -0.327. The zero-order chi connectivity index (χ0) is 14.5. The van der Waals surface area contributed by atoms with Crippen LogP contribution in [0.1, 0.15) is 26.7 Å². The highest BCUT2D eigenvalue weighted by Gasteiger charge is 2.84. The first-order chi connectivity index (χ1) is 9.27. The van der Waals surface area contributed by atoms with Crippen molar-refractivity contribution in [3.63, 3.8) is 0 Å². The lowest BCUT2D eigenvalue weighted by atomic mass is 9.52. The number of hydrogen-bond acceptors (Lipinski definition) is 5. The topological polar surface area (TPSA) is 76.0 Å². The van der Waals surface area contributed by atoms with Crippen LogP contribution in [0.2, 0.25) is 0 Å². The number of carbonyl (C=O) groups is 1. The van der Waals surface area contributed by atoms with Crippen molar-refractivity contribution in [2.75, 3.05) is 6.61 Å². The van der Waals surface area contributed by atoms with Gasteiger partial charge in [-0.3, -0.25) is 4.79 Å². The van der Waals surface area contributed by atoms with Crippen LogP contribution in [0.3, 0.4) is 0 Å². The van der Waals surface area contributed by atoms with Gasteiger partial charge >= 0.3 is 5.97 Å². The van der Waals surface area contributed by atoms with E-state index in [0.29, 0.717) is 13.0 Å². The molecule has 7 unspecified atom stereocenters. The molecule has 0 aromatic carbocycles. The zero-order valence-corrected chi connectivity index (χ0v) is 11.8. The predicted molar refractivity (Wildman–Crippen MR) is 68.4 cm³/mol. The summed E-state index contributed by atoms with van der Waals surface area (Å²) in [5, 5.41) is 22.4. The van der Waals surface area contributed by atoms with Gasteiger partial charge in [0.25, 0.3) is 0 Å². The van der Waals surface area contributed by atoms with E-state index in [1.54, 1.807) is 0 Å². The first-order valence-electron chi connectivity index (χ1n) is 7.22. The first kappa shape index (κ1) is 12.8. The van der Waals surface area contributed by atoms with Gasteiger partial charge in [-0.05, 0) is 25.7 Å². The normalized spacial score (nSPS) is 59.5. The third-order valence-corrected chi connectivity index (χ3v) is 6.49. The molecule has 2 aliphatic heterocycles. The summed E-state index contributed by atoms with van der Waals surface area (Å²) in [5.74, 6) is -3.01. The second-order valence-corrected chi connectivity index (χ2v) is 7.08. The average Bonchev–Trinajstić information content (AvgIpc) is 2.93. The molecule has 20 heavy (non-hydrogen) atoms. The fourth-order valence-electron chi connectivity index (χ4n) is 5.33. The van der Waals surface area contributed by atoms with Gasteiger partial charge in [0.1, 0.15) is 0 Å². The Balaban J connectivity index is 1.98. The van der Waals surface area contributed by atoms with E-state index in [9.17, 15) is 15.0 Å². The number of rotatable bonds is 1. The van der Waals surface area contributed by atoms with Gasteiger partial charge in [-0.15, -0.1) is 0 Å². The fourth-order valence-corrected chi connectivity index (χ4v) is 5.33. The van der Waals surface area contributed by atoms with Gasteiger partial charge in [0.2, 0.25) is 5.79 Å². The van der Waals surface area contributed by atoms with Gasteiger partial charge in [0.05, 0.1) is 23.5 Å². The van der Waals surface area contributed by atoms with Crippen LogP contribution in [0.4, 0.5) is 0 Å². The molecular formula is C15H20O5. The van der Waals surface area contributed by atoms with Crippen molar-refractivity contribution < 1.29 is 24.5 Å². The van der Waals surface area contributed by atoms with Crippen LogP contribution in [0, 0.1) is 23.2 Å². The molecule has 2 heterocycles. The van der Waals surface area contributed by atoms with Gasteiger partial charge in [-0.1, -0.05) is 19.1 Å². The number of ether oxygens (including phenoxy) is 2. The fraction of sp³-hybridized carbons (Fsp3) is 0.800. The van der Waals surface area contributed by atoms with Crippen molar-refractivity contribution in [2.45, 2.75) is 44.2 Å². The second kappa shape index (κ2) is 3.29. The van der Waals surface area contributed by atoms with E-state index >= 15 is 0 Å². The molecule has 4 aliphatic rings. The molecule has 4 rings (SSSR count). The second-order valence-electron chi connectivity index (χ2n) is 7.08. The molecule has 0 aromatic heterocycles. The van der Waals surface area contributed by atoms with E-state index in [1.807, 2.05) is 13.8 Å². The highest BCUT2D eigenvalue weighted by molar-refractivity contribution is 5.79. The molecule has 2 N–H and O–H groups in total. The van der Waals surface area contributed by atoms with Crippen LogP contribution in [-0.4, -0.2) is 40.3 Å². The number of carbonyl (C=O) groups excluding carboxylic acids is 1. The zero-order valence-electron chi connectivity index (χ0n) is 11.8. The van der Waals surface area contributed by atoms with Crippen LogP contribution in [0.15, 0.2) is 12.2 Å². The lowest BCUT2D eigenvalue weighted by Gasteiger charge is -2.55. The molecule has 0 radical (unpaired) electrons. The van der Waals surface area contributed by atoms with Crippen molar-refractivity contribution in [1.82, 2.24) is 0 Å². The van der Waals surface area contributed by atoms with Gasteiger partial charge in [0, 0.05) is 5.92 Å². The number of hydrogen-bond donors (Lipinski definition) is 2. The summed E-state index contributed by atoms with van der Waals surface area (Å²) in [7, 11) is 0. The van der Waals surface area contributed by atoms with Crippen molar-refractivity contribution in [3.8, 4) is 0 Å². The maximum absolute atomic E-state index is 12.3. The Morgan fingerprint density at radius 2 is 2.15 bits per heavy atom. The molecule has 0 spiro atoms. The van der Waals surface area contributed by atoms with Crippen LogP contribution in [0.25, 0.3) is 0 Å². The van der Waals surface area contributed by atoms with Crippen LogP contribution in [0.5, 0.6) is 0 Å². The summed E-state index contributed by atoms with van der Waals surface area (Å²) in [6.07, 6.45) is 0.496. The Labute approximate surface area is 117 Å². The average molecular weight is 280 g/mol. The maximum Gasteiger partial charge on any atom is 0.313 e. The SMILES string of the molecule is C=C(C)C1C2C(=O)OC1C1(O)OCC3CCC2(O)C31C. The van der Waals surface area contributed by atoms with Crippen molar-refractivity contribution in [3.05, 3.63) is 12.2 Å². The minimum absolute atomic E-state index is 0.0584. The smallest absolute Gasteiger partial charge is 0.313 e. The Hall–Kier alpha value is -0.910. The summed E-state index contributed by atoms with van der Waals surface area (Å²) >= 11 is 0. The van der Waals surface area contributed by atoms with E-state index in [1.165, 1.54) is 0 Å². The van der Waals surface area contributed by atoms with Gasteiger partial charge < -0.3 is 19.7 Å². The van der Waals surface area contributed by atoms with Gasteiger partial charge in [-0.25, -0.2) is 0 Å². The molecule has 110 valence electrons. The highest BCUT2D eigenvalue weighted by atomic mass is 16.7. The largest absolute Gasteiger partial charge is 0.456 e. The molecule has 5 nitrogen and oxygen atoms in total. The summed E-state index contributed by atoms with van der Waals surface area (Å²) in [6.45, 7) is 7.98. The van der Waals surface area contributed by atoms with Gasteiger partial charge in [0.15, 0.2) is 6.10 Å². The first-order valence-corrected chi connectivity index (χ1v) is 7.22. The molecule has 2 bridgehead atoms. The molecule has 7 atom stereocenters. The Morgan fingerprint density at radius 3 is 2.80 bits per heavy atom. The Kier molecular flexibility index (Phi) is 2.10. The third-order valence-electron chi connectivity index (χ3n) is 6.49. The molecule has 2 aliphatic carbocycles. The lowest BCUT2D eigenvalue weighted by Crippen LogP contribution is -2.70. The minimum Gasteiger partial charge on any atom is -0.456 e. The summed E-state index contributed by atoms with van der Waals surface area (Å²) < 4.78 is 11.1. The third kappa shape index (κ3) is 0.983. The molecule has 0 amide bonds. The van der Waals surface area contributed by atoms with Crippen molar-refractivity contribution >= 4 is 5.97 Å². The van der Waals surface area contributed by atoms with E-state index < -0.39 is 34.8 Å². The Bertz CT molecular complexity index is 530. The monoisotopic (exact) mass is 280 g/mol. The summed E-state index contributed by atoms with van der Waals surface area (Å²) in [5.41, 5.74) is -1.39. The summed E-state index contributed by atoms with van der Waals surface area (Å²) in [4.78, 5) is 12.3. The number of fused-ring (bicyclic) bond motifs is 4. The molecule has 0 aromatic rings. The number of esters is 1. The van der Waals surface area contributed by atoms with E-state index in [4.69, 9.17) is 9.47 Å². The minimum atomic E-state index is -1.62. The quantitative estimate of drug-likeness (QED) is 0.543. The van der Waals surface area contributed by atoms with E-state index in [2.05, 4.69) is 6.58 Å². The molecule has 2 saturated carbocycles. The molecule has 4 fully saturated rings.